The van der Waals surface area contributed by atoms with Crippen molar-refractivity contribution in [1.29, 1.82) is 0 Å². The molecule has 0 saturated carbocycles. The number of thioether (sulfide) groups is 1. The van der Waals surface area contributed by atoms with E-state index in [1.54, 1.807) is 0 Å². The molecule has 2 heterocycles. The van der Waals surface area contributed by atoms with E-state index in [9.17, 15) is 0 Å². The molecule has 1 atom stereocenters. The first-order valence-corrected chi connectivity index (χ1v) is 6.46. The highest BCUT2D eigenvalue weighted by Crippen LogP contribution is 2.18. The molecule has 0 aromatic carbocycles. The van der Waals surface area contributed by atoms with E-state index in [0.29, 0.717) is 0 Å². The topological polar surface area (TPSA) is 27.6 Å². The van der Waals surface area contributed by atoms with Crippen LogP contribution < -0.4 is 5.32 Å². The first kappa shape index (κ1) is 10.3. The molecule has 0 radical (unpaired) electrons. The van der Waals surface area contributed by atoms with Gasteiger partial charge in [-0.05, 0) is 25.3 Å². The number of nitrogens with one attached hydrogen (secondary N) is 1. The van der Waals surface area contributed by atoms with E-state index in [1.165, 1.54) is 25.9 Å². The van der Waals surface area contributed by atoms with Gasteiger partial charge < -0.3 is 5.32 Å². The van der Waals surface area contributed by atoms with Gasteiger partial charge in [0, 0.05) is 13.1 Å². The molecule has 1 unspecified atom stereocenters. The van der Waals surface area contributed by atoms with Crippen LogP contribution in [0.15, 0.2) is 4.99 Å². The average molecular weight is 213 g/mol. The van der Waals surface area contributed by atoms with E-state index in [1.807, 2.05) is 11.8 Å². The Morgan fingerprint density at radius 2 is 2.57 bits per heavy atom. The lowest BCUT2D eigenvalue weighted by molar-refractivity contribution is 0.213. The van der Waals surface area contributed by atoms with Gasteiger partial charge in [-0.3, -0.25) is 9.89 Å². The first-order chi connectivity index (χ1) is 6.84. The van der Waals surface area contributed by atoms with Gasteiger partial charge in [-0.25, -0.2) is 0 Å². The zero-order chi connectivity index (χ0) is 9.80. The molecule has 14 heavy (non-hydrogen) atoms. The number of piperidine rings is 1. The maximum atomic E-state index is 4.38. The second kappa shape index (κ2) is 5.03. The first-order valence-electron chi connectivity index (χ1n) is 5.48. The molecule has 0 aromatic heterocycles. The molecule has 1 fully saturated rings. The van der Waals surface area contributed by atoms with Gasteiger partial charge in [-0.15, -0.1) is 0 Å². The van der Waals surface area contributed by atoms with Crippen LogP contribution in [-0.4, -0.2) is 42.1 Å². The van der Waals surface area contributed by atoms with Gasteiger partial charge in [-0.1, -0.05) is 18.7 Å². The Morgan fingerprint density at radius 3 is 3.29 bits per heavy atom. The van der Waals surface area contributed by atoms with Crippen LogP contribution in [-0.2, 0) is 0 Å². The summed E-state index contributed by atoms with van der Waals surface area (Å²) < 4.78 is 0. The molecule has 0 spiro atoms. The maximum absolute atomic E-state index is 4.38. The number of likely N-dealkylation sites (tertiary alicyclic amines) is 1. The van der Waals surface area contributed by atoms with Crippen LogP contribution in [0.2, 0.25) is 0 Å². The predicted molar refractivity (Wildman–Crippen MR) is 62.7 cm³/mol. The average Bonchev–Trinajstić information content (AvgIpc) is 2.67. The van der Waals surface area contributed by atoms with Crippen molar-refractivity contribution in [3.05, 3.63) is 0 Å². The highest BCUT2D eigenvalue weighted by atomic mass is 32.2. The van der Waals surface area contributed by atoms with Crippen molar-refractivity contribution in [2.24, 2.45) is 10.9 Å². The zero-order valence-corrected chi connectivity index (χ0v) is 9.65. The normalized spacial score (nSPS) is 28.6. The van der Waals surface area contributed by atoms with E-state index >= 15 is 0 Å². The van der Waals surface area contributed by atoms with Crippen molar-refractivity contribution < 1.29 is 0 Å². The third kappa shape index (κ3) is 2.89. The molecule has 0 aromatic rings. The molecule has 80 valence electrons. The molecule has 3 nitrogen and oxygen atoms in total. The Balaban J connectivity index is 1.69. The fourth-order valence-electron chi connectivity index (χ4n) is 2.03. The number of nitrogens with zero attached hydrogens (tertiary/aromatic N) is 2. The van der Waals surface area contributed by atoms with Crippen molar-refractivity contribution in [2.75, 3.05) is 32.1 Å². The standard InChI is InChI=1S/C10H19N3S/c1-9-3-2-6-13(7-9)8-14-10-11-4-5-12-10/h9H,2-8H2,1H3,(H,11,12). The molecule has 2 rings (SSSR count). The summed E-state index contributed by atoms with van der Waals surface area (Å²) in [6, 6.07) is 0. The summed E-state index contributed by atoms with van der Waals surface area (Å²) in [6.45, 7) is 6.87. The molecular formula is C10H19N3S. The quantitative estimate of drug-likeness (QED) is 0.751. The van der Waals surface area contributed by atoms with Crippen LogP contribution in [0, 0.1) is 5.92 Å². The molecule has 2 aliphatic heterocycles. The van der Waals surface area contributed by atoms with Gasteiger partial charge in [0.05, 0.1) is 12.4 Å². The highest BCUT2D eigenvalue weighted by Gasteiger charge is 2.17. The second-order valence-corrected chi connectivity index (χ2v) is 5.15. The van der Waals surface area contributed by atoms with Gasteiger partial charge in [0.1, 0.15) is 0 Å². The summed E-state index contributed by atoms with van der Waals surface area (Å²) in [6.07, 6.45) is 2.77. The van der Waals surface area contributed by atoms with Crippen molar-refractivity contribution in [3.63, 3.8) is 0 Å². The summed E-state index contributed by atoms with van der Waals surface area (Å²) in [5, 5.41) is 4.44. The van der Waals surface area contributed by atoms with Crippen molar-refractivity contribution in [3.8, 4) is 0 Å². The molecule has 0 aliphatic carbocycles. The van der Waals surface area contributed by atoms with Crippen molar-refractivity contribution >= 4 is 16.9 Å². The van der Waals surface area contributed by atoms with Crippen LogP contribution in [0.4, 0.5) is 0 Å². The third-order valence-corrected chi connectivity index (χ3v) is 3.81. The third-order valence-electron chi connectivity index (χ3n) is 2.77. The summed E-state index contributed by atoms with van der Waals surface area (Å²) >= 11 is 1.86. The molecule has 0 amide bonds. The second-order valence-electron chi connectivity index (χ2n) is 4.21. The fraction of sp³-hybridized carbons (Fsp3) is 0.900. The summed E-state index contributed by atoms with van der Waals surface area (Å²) in [7, 11) is 0. The van der Waals surface area contributed by atoms with Crippen molar-refractivity contribution in [2.45, 2.75) is 19.8 Å². The maximum Gasteiger partial charge on any atom is 0.157 e. The van der Waals surface area contributed by atoms with E-state index in [-0.39, 0.29) is 0 Å². The van der Waals surface area contributed by atoms with Gasteiger partial charge in [0.2, 0.25) is 0 Å². The zero-order valence-electron chi connectivity index (χ0n) is 8.83. The predicted octanol–water partition coefficient (Wildman–Crippen LogP) is 1.37. The Hall–Kier alpha value is -0.220. The Labute approximate surface area is 90.3 Å². The Bertz CT molecular complexity index is 217. The lowest BCUT2D eigenvalue weighted by Gasteiger charge is -2.30. The molecular weight excluding hydrogens is 194 g/mol. The monoisotopic (exact) mass is 213 g/mol. The number of aliphatic imine (C=N–C) groups is 1. The lowest BCUT2D eigenvalue weighted by atomic mass is 10.0. The van der Waals surface area contributed by atoms with Crippen LogP contribution in [0.5, 0.6) is 0 Å². The molecule has 1 N–H and O–H groups in total. The molecule has 1 saturated heterocycles. The summed E-state index contributed by atoms with van der Waals surface area (Å²) in [5.41, 5.74) is 0. The Kier molecular flexibility index (Phi) is 3.70. The van der Waals surface area contributed by atoms with E-state index in [4.69, 9.17) is 0 Å². The van der Waals surface area contributed by atoms with Crippen LogP contribution in [0.25, 0.3) is 0 Å². The number of amidine groups is 1. The molecule has 0 bridgehead atoms. The number of hydrogen-bond acceptors (Lipinski definition) is 4. The summed E-state index contributed by atoms with van der Waals surface area (Å²) in [4.78, 5) is 6.92. The van der Waals surface area contributed by atoms with Crippen molar-refractivity contribution in [1.82, 2.24) is 10.2 Å². The van der Waals surface area contributed by atoms with E-state index in [2.05, 4.69) is 22.1 Å². The van der Waals surface area contributed by atoms with Crippen LogP contribution in [0.3, 0.4) is 0 Å². The SMILES string of the molecule is CC1CCCN(CSC2=NCCN2)C1. The van der Waals surface area contributed by atoms with E-state index < -0.39 is 0 Å². The summed E-state index contributed by atoms with van der Waals surface area (Å²) in [5.74, 6) is 1.98. The van der Waals surface area contributed by atoms with Gasteiger partial charge >= 0.3 is 0 Å². The minimum atomic E-state index is 0.878. The highest BCUT2D eigenvalue weighted by molar-refractivity contribution is 8.13. The minimum absolute atomic E-state index is 0.878. The lowest BCUT2D eigenvalue weighted by Crippen LogP contribution is -2.34. The van der Waals surface area contributed by atoms with Gasteiger partial charge in [-0.2, -0.15) is 0 Å². The van der Waals surface area contributed by atoms with Crippen LogP contribution >= 0.6 is 11.8 Å². The molecule has 4 heteroatoms. The number of hydrogen-bond donors (Lipinski definition) is 1. The van der Waals surface area contributed by atoms with Gasteiger partial charge in [0.15, 0.2) is 5.17 Å². The largest absolute Gasteiger partial charge is 0.363 e. The fourth-order valence-corrected chi connectivity index (χ4v) is 2.96. The molecule has 2 aliphatic rings. The minimum Gasteiger partial charge on any atom is -0.363 e. The Morgan fingerprint density at radius 1 is 1.64 bits per heavy atom. The van der Waals surface area contributed by atoms with E-state index in [0.717, 1.165) is 30.1 Å². The number of rotatable bonds is 2. The van der Waals surface area contributed by atoms with Crippen LogP contribution in [0.1, 0.15) is 19.8 Å². The van der Waals surface area contributed by atoms with Gasteiger partial charge in [0.25, 0.3) is 0 Å². The smallest absolute Gasteiger partial charge is 0.157 e.